The predicted octanol–water partition coefficient (Wildman–Crippen LogP) is 2.86. The molecule has 4 aliphatic rings. The van der Waals surface area contributed by atoms with E-state index in [9.17, 15) is 18.8 Å². The molecule has 1 aliphatic carbocycles. The van der Waals surface area contributed by atoms with Gasteiger partial charge in [-0.1, -0.05) is 6.07 Å². The summed E-state index contributed by atoms with van der Waals surface area (Å²) in [4.78, 5) is 40.7. The van der Waals surface area contributed by atoms with Crippen LogP contribution in [-0.4, -0.2) is 58.8 Å². The van der Waals surface area contributed by atoms with Gasteiger partial charge in [0.05, 0.1) is 5.56 Å². The molecule has 2 aromatic rings. The van der Waals surface area contributed by atoms with E-state index in [-0.39, 0.29) is 41.9 Å². The van der Waals surface area contributed by atoms with Crippen LogP contribution in [0.2, 0.25) is 0 Å². The predicted molar refractivity (Wildman–Crippen MR) is 130 cm³/mol. The van der Waals surface area contributed by atoms with Crippen molar-refractivity contribution in [2.75, 3.05) is 13.1 Å². The van der Waals surface area contributed by atoms with E-state index in [2.05, 4.69) is 10.2 Å². The zero-order valence-electron chi connectivity index (χ0n) is 20.3. The van der Waals surface area contributed by atoms with Crippen molar-refractivity contribution in [2.24, 2.45) is 0 Å². The standard InChI is InChI=1S/C28H27FN4O4/c29-22-11-16(4-5-17(22)12-30)19-13-32(14-19)23-2-1-3-25(23)37-20-6-7-21-18(10-20)15-33(28(21)36)24-8-9-26(34)31-27(24)35/h4-7,10-11,19,23-25H,1-3,8-9,13-15H2,(H,31,34,35). The van der Waals surface area contributed by atoms with Crippen LogP contribution in [0.3, 0.4) is 0 Å². The summed E-state index contributed by atoms with van der Waals surface area (Å²) in [6, 6.07) is 11.9. The fraction of sp³-hybridized carbons (Fsp3) is 0.429. The van der Waals surface area contributed by atoms with Crippen molar-refractivity contribution in [1.29, 1.82) is 5.26 Å². The molecular weight excluding hydrogens is 475 g/mol. The molecule has 2 aromatic carbocycles. The van der Waals surface area contributed by atoms with Gasteiger partial charge in [-0.3, -0.25) is 24.6 Å². The normalized spacial score (nSPS) is 26.0. The summed E-state index contributed by atoms with van der Waals surface area (Å²) < 4.78 is 20.5. The van der Waals surface area contributed by atoms with Crippen LogP contribution in [0.1, 0.15) is 65.1 Å². The lowest BCUT2D eigenvalue weighted by molar-refractivity contribution is -0.136. The van der Waals surface area contributed by atoms with E-state index < -0.39 is 17.8 Å². The summed E-state index contributed by atoms with van der Waals surface area (Å²) in [6.07, 6.45) is 3.63. The molecule has 1 N–H and O–H groups in total. The van der Waals surface area contributed by atoms with E-state index in [0.29, 0.717) is 24.3 Å². The van der Waals surface area contributed by atoms with Crippen molar-refractivity contribution in [3.63, 3.8) is 0 Å². The molecule has 8 nitrogen and oxygen atoms in total. The Morgan fingerprint density at radius 3 is 2.65 bits per heavy atom. The van der Waals surface area contributed by atoms with Crippen LogP contribution >= 0.6 is 0 Å². The molecule has 3 amide bonds. The lowest BCUT2D eigenvalue weighted by Gasteiger charge is -2.45. The maximum atomic E-state index is 14.0. The molecular formula is C28H27FN4O4. The minimum Gasteiger partial charge on any atom is -0.489 e. The highest BCUT2D eigenvalue weighted by molar-refractivity contribution is 6.05. The molecule has 190 valence electrons. The van der Waals surface area contributed by atoms with Gasteiger partial charge in [0.1, 0.15) is 29.8 Å². The average Bonchev–Trinajstić information content (AvgIpc) is 3.42. The second-order valence-electron chi connectivity index (χ2n) is 10.4. The number of rotatable bonds is 5. The van der Waals surface area contributed by atoms with E-state index in [0.717, 1.165) is 43.5 Å². The number of halogens is 1. The van der Waals surface area contributed by atoms with Crippen molar-refractivity contribution in [2.45, 2.75) is 62.8 Å². The lowest BCUT2D eigenvalue weighted by Crippen LogP contribution is -2.54. The average molecular weight is 503 g/mol. The second kappa shape index (κ2) is 9.27. The number of hydrogen-bond donors (Lipinski definition) is 1. The third-order valence-corrected chi connectivity index (χ3v) is 8.16. The van der Waals surface area contributed by atoms with Crippen molar-refractivity contribution < 1.29 is 23.5 Å². The summed E-state index contributed by atoms with van der Waals surface area (Å²) in [5, 5.41) is 11.3. The van der Waals surface area contributed by atoms with Gasteiger partial charge in [0.15, 0.2) is 0 Å². The first-order valence-electron chi connectivity index (χ1n) is 12.8. The quantitative estimate of drug-likeness (QED) is 0.631. The third-order valence-electron chi connectivity index (χ3n) is 8.16. The fourth-order valence-electron chi connectivity index (χ4n) is 6.13. The van der Waals surface area contributed by atoms with Crippen LogP contribution in [-0.2, 0) is 16.1 Å². The van der Waals surface area contributed by atoms with Gasteiger partial charge in [0.25, 0.3) is 5.91 Å². The minimum absolute atomic E-state index is 0.0278. The Balaban J connectivity index is 1.09. The number of nitriles is 1. The van der Waals surface area contributed by atoms with E-state index in [4.69, 9.17) is 10.00 Å². The highest BCUT2D eigenvalue weighted by Crippen LogP contribution is 2.37. The number of benzene rings is 2. The number of ether oxygens (including phenoxy) is 1. The van der Waals surface area contributed by atoms with E-state index in [1.165, 1.54) is 6.07 Å². The molecule has 0 aromatic heterocycles. The van der Waals surface area contributed by atoms with Crippen LogP contribution in [0.15, 0.2) is 36.4 Å². The molecule has 0 radical (unpaired) electrons. The Morgan fingerprint density at radius 1 is 1.05 bits per heavy atom. The monoisotopic (exact) mass is 502 g/mol. The number of nitrogens with zero attached hydrogens (tertiary/aromatic N) is 3. The molecule has 0 spiro atoms. The van der Waals surface area contributed by atoms with Gasteiger partial charge in [0.2, 0.25) is 11.8 Å². The maximum Gasteiger partial charge on any atom is 0.255 e. The Bertz CT molecular complexity index is 1330. The number of carbonyl (C=O) groups excluding carboxylic acids is 3. The smallest absolute Gasteiger partial charge is 0.255 e. The zero-order chi connectivity index (χ0) is 25.7. The molecule has 2 saturated heterocycles. The van der Waals surface area contributed by atoms with Gasteiger partial charge in [-0.2, -0.15) is 5.26 Å². The van der Waals surface area contributed by atoms with E-state index in [1.807, 2.05) is 24.3 Å². The topological polar surface area (TPSA) is 103 Å². The van der Waals surface area contributed by atoms with Crippen LogP contribution in [0.4, 0.5) is 4.39 Å². The highest BCUT2D eigenvalue weighted by atomic mass is 19.1. The van der Waals surface area contributed by atoms with Crippen molar-refractivity contribution in [3.05, 3.63) is 64.5 Å². The Kier molecular flexibility index (Phi) is 5.92. The molecule has 1 saturated carbocycles. The third kappa shape index (κ3) is 4.25. The first-order valence-corrected chi connectivity index (χ1v) is 12.8. The largest absolute Gasteiger partial charge is 0.489 e. The van der Waals surface area contributed by atoms with Gasteiger partial charge in [-0.15, -0.1) is 0 Å². The summed E-state index contributed by atoms with van der Waals surface area (Å²) in [7, 11) is 0. The van der Waals surface area contributed by atoms with Crippen molar-refractivity contribution in [1.82, 2.24) is 15.1 Å². The lowest BCUT2D eigenvalue weighted by atomic mass is 9.88. The van der Waals surface area contributed by atoms with Crippen LogP contribution in [0.25, 0.3) is 0 Å². The molecule has 3 heterocycles. The first kappa shape index (κ1) is 23.6. The molecule has 0 bridgehead atoms. The molecule has 3 aliphatic heterocycles. The maximum absolute atomic E-state index is 14.0. The number of fused-ring (bicyclic) bond motifs is 1. The number of hydrogen-bond acceptors (Lipinski definition) is 6. The summed E-state index contributed by atoms with van der Waals surface area (Å²) in [5.74, 6) is -0.427. The van der Waals surface area contributed by atoms with E-state index >= 15 is 0 Å². The summed E-state index contributed by atoms with van der Waals surface area (Å²) >= 11 is 0. The zero-order valence-corrected chi connectivity index (χ0v) is 20.3. The fourth-order valence-corrected chi connectivity index (χ4v) is 6.13. The molecule has 3 fully saturated rings. The number of nitrogens with one attached hydrogen (secondary N) is 1. The number of imide groups is 1. The van der Waals surface area contributed by atoms with Crippen LogP contribution in [0.5, 0.6) is 5.75 Å². The van der Waals surface area contributed by atoms with Gasteiger partial charge in [-0.05, 0) is 67.1 Å². The van der Waals surface area contributed by atoms with Gasteiger partial charge >= 0.3 is 0 Å². The molecule has 37 heavy (non-hydrogen) atoms. The van der Waals surface area contributed by atoms with Crippen molar-refractivity contribution >= 4 is 17.7 Å². The van der Waals surface area contributed by atoms with Crippen LogP contribution in [0, 0.1) is 17.1 Å². The summed E-state index contributed by atoms with van der Waals surface area (Å²) in [6.45, 7) is 1.98. The SMILES string of the molecule is N#Cc1ccc(C2CN(C3CCCC3Oc3ccc4c(c3)CN(C3CCC(=O)NC3=O)C4=O)C2)cc1F. The van der Waals surface area contributed by atoms with E-state index in [1.54, 1.807) is 17.0 Å². The van der Waals surface area contributed by atoms with Crippen molar-refractivity contribution in [3.8, 4) is 11.8 Å². The van der Waals surface area contributed by atoms with Gasteiger partial charge in [-0.25, -0.2) is 4.39 Å². The Morgan fingerprint density at radius 2 is 1.89 bits per heavy atom. The number of amides is 3. The van der Waals surface area contributed by atoms with Gasteiger partial charge < -0.3 is 9.64 Å². The van der Waals surface area contributed by atoms with Crippen LogP contribution < -0.4 is 10.1 Å². The molecule has 3 unspecified atom stereocenters. The highest BCUT2D eigenvalue weighted by Gasteiger charge is 2.42. The first-order chi connectivity index (χ1) is 17.9. The minimum atomic E-state index is -0.634. The number of likely N-dealkylation sites (tertiary alicyclic amines) is 1. The summed E-state index contributed by atoms with van der Waals surface area (Å²) in [5.41, 5.74) is 2.39. The molecule has 3 atom stereocenters. The molecule has 9 heteroatoms. The molecule has 6 rings (SSSR count). The Hall–Kier alpha value is -3.77. The number of carbonyl (C=O) groups is 3. The second-order valence-corrected chi connectivity index (χ2v) is 10.4. The Labute approximate surface area is 214 Å². The number of piperidine rings is 1. The van der Waals surface area contributed by atoms with Gasteiger partial charge in [0, 0.05) is 43.6 Å².